The Balaban J connectivity index is 1.56. The number of likely N-dealkylation sites (tertiary alicyclic amines) is 1. The second kappa shape index (κ2) is 8.96. The predicted octanol–water partition coefficient (Wildman–Crippen LogP) is 1.70. The fourth-order valence-corrected chi connectivity index (χ4v) is 3.86. The van der Waals surface area contributed by atoms with E-state index < -0.39 is 17.7 Å². The summed E-state index contributed by atoms with van der Waals surface area (Å²) < 4.78 is 1.69. The third-order valence-corrected chi connectivity index (χ3v) is 5.45. The van der Waals surface area contributed by atoms with Crippen molar-refractivity contribution in [1.82, 2.24) is 24.6 Å². The van der Waals surface area contributed by atoms with E-state index in [9.17, 15) is 14.4 Å². The average molecular weight is 433 g/mol. The van der Waals surface area contributed by atoms with Crippen LogP contribution in [0.25, 0.3) is 5.69 Å². The van der Waals surface area contributed by atoms with Gasteiger partial charge in [-0.25, -0.2) is 4.68 Å². The van der Waals surface area contributed by atoms with Crippen molar-refractivity contribution >= 4 is 23.4 Å². The van der Waals surface area contributed by atoms with E-state index in [0.29, 0.717) is 13.0 Å². The maximum absolute atomic E-state index is 13.1. The molecule has 3 aromatic rings. The Labute approximate surface area is 184 Å². The molecule has 3 amide bonds. The normalized spacial score (nSPS) is 18.2. The van der Waals surface area contributed by atoms with Crippen molar-refractivity contribution < 1.29 is 14.4 Å². The Morgan fingerprint density at radius 1 is 1.09 bits per heavy atom. The molecule has 4 heterocycles. The summed E-state index contributed by atoms with van der Waals surface area (Å²) in [7, 11) is 0. The van der Waals surface area contributed by atoms with E-state index in [1.165, 1.54) is 18.5 Å². The van der Waals surface area contributed by atoms with Crippen molar-refractivity contribution in [2.45, 2.75) is 25.8 Å². The van der Waals surface area contributed by atoms with Crippen LogP contribution in [0.1, 0.15) is 41.7 Å². The van der Waals surface area contributed by atoms with Gasteiger partial charge in [-0.05, 0) is 42.5 Å². The molecular weight excluding hydrogens is 410 g/mol. The first-order chi connectivity index (χ1) is 15.4. The highest BCUT2D eigenvalue weighted by molar-refractivity contribution is 6.39. The fourth-order valence-electron chi connectivity index (χ4n) is 3.86. The van der Waals surface area contributed by atoms with E-state index in [4.69, 9.17) is 5.73 Å². The van der Waals surface area contributed by atoms with Crippen LogP contribution in [0.2, 0.25) is 0 Å². The van der Waals surface area contributed by atoms with Gasteiger partial charge in [0.1, 0.15) is 0 Å². The largest absolute Gasteiger partial charge is 0.366 e. The molecule has 4 rings (SSSR count). The van der Waals surface area contributed by atoms with Crippen LogP contribution in [-0.4, -0.2) is 48.9 Å². The smallest absolute Gasteiger partial charge is 0.313 e. The predicted molar refractivity (Wildman–Crippen MR) is 116 cm³/mol. The van der Waals surface area contributed by atoms with Crippen molar-refractivity contribution in [2.24, 2.45) is 11.7 Å². The van der Waals surface area contributed by atoms with Gasteiger partial charge in [0.25, 0.3) is 0 Å². The Bertz CT molecular complexity index is 1150. The summed E-state index contributed by atoms with van der Waals surface area (Å²) in [4.78, 5) is 47.0. The van der Waals surface area contributed by atoms with E-state index in [2.05, 4.69) is 20.4 Å². The summed E-state index contributed by atoms with van der Waals surface area (Å²) >= 11 is 0. The third-order valence-electron chi connectivity index (χ3n) is 5.45. The summed E-state index contributed by atoms with van der Waals surface area (Å²) in [6.07, 6.45) is 11.2. The van der Waals surface area contributed by atoms with Crippen LogP contribution in [0.5, 0.6) is 0 Å². The van der Waals surface area contributed by atoms with Crippen LogP contribution in [0.15, 0.2) is 55.4 Å². The number of anilines is 1. The van der Waals surface area contributed by atoms with Crippen LogP contribution < -0.4 is 11.1 Å². The standard InChI is InChI=1S/C22H23N7O3/c1-14-3-4-19(15-8-18(12-25-9-15)29-6-2-5-26-29)28(13-14)22(32)21(31)27-17-7-16(20(23)30)10-24-11-17/h2,5-12,14,19H,3-4,13H2,1H3,(H2,23,30)(H,27,31)/t14-,19+/m0/s1. The lowest BCUT2D eigenvalue weighted by Crippen LogP contribution is -2.46. The minimum Gasteiger partial charge on any atom is -0.366 e. The number of aromatic nitrogens is 4. The van der Waals surface area contributed by atoms with Gasteiger partial charge in [-0.3, -0.25) is 24.4 Å². The highest BCUT2D eigenvalue weighted by atomic mass is 16.2. The summed E-state index contributed by atoms with van der Waals surface area (Å²) in [5, 5.41) is 6.75. The van der Waals surface area contributed by atoms with Crippen molar-refractivity contribution in [2.75, 3.05) is 11.9 Å². The van der Waals surface area contributed by atoms with Gasteiger partial charge in [0.15, 0.2) is 0 Å². The maximum Gasteiger partial charge on any atom is 0.313 e. The number of piperidine rings is 1. The molecule has 10 heteroatoms. The summed E-state index contributed by atoms with van der Waals surface area (Å²) in [6.45, 7) is 2.50. The number of amides is 3. The van der Waals surface area contributed by atoms with Gasteiger partial charge >= 0.3 is 11.8 Å². The molecule has 32 heavy (non-hydrogen) atoms. The topological polar surface area (TPSA) is 136 Å². The number of nitrogens with zero attached hydrogens (tertiary/aromatic N) is 5. The molecule has 10 nitrogen and oxygen atoms in total. The fraction of sp³-hybridized carbons (Fsp3) is 0.273. The van der Waals surface area contributed by atoms with Crippen LogP contribution in [0.3, 0.4) is 0 Å². The van der Waals surface area contributed by atoms with Crippen molar-refractivity contribution in [1.29, 1.82) is 0 Å². The van der Waals surface area contributed by atoms with Gasteiger partial charge in [-0.2, -0.15) is 5.10 Å². The molecule has 2 atom stereocenters. The molecule has 1 fully saturated rings. The Morgan fingerprint density at radius 2 is 1.91 bits per heavy atom. The quantitative estimate of drug-likeness (QED) is 0.601. The van der Waals surface area contributed by atoms with E-state index >= 15 is 0 Å². The SMILES string of the molecule is C[C@H]1CC[C@H](c2cncc(-n3cccn3)c2)N(C(=O)C(=O)Nc2cncc(C(N)=O)c2)C1. The Kier molecular flexibility index (Phi) is 5.93. The third kappa shape index (κ3) is 4.48. The zero-order valence-electron chi connectivity index (χ0n) is 17.5. The van der Waals surface area contributed by atoms with E-state index in [1.54, 1.807) is 28.2 Å². The van der Waals surface area contributed by atoms with Crippen LogP contribution in [0.4, 0.5) is 5.69 Å². The Morgan fingerprint density at radius 3 is 2.66 bits per heavy atom. The molecular formula is C22H23N7O3. The average Bonchev–Trinajstić information content (AvgIpc) is 3.34. The summed E-state index contributed by atoms with van der Waals surface area (Å²) in [6, 6.07) is 4.84. The molecule has 0 bridgehead atoms. The number of carbonyl (C=O) groups is 3. The van der Waals surface area contributed by atoms with Crippen LogP contribution in [-0.2, 0) is 9.59 Å². The molecule has 0 aliphatic carbocycles. The lowest BCUT2D eigenvalue weighted by molar-refractivity contribution is -0.146. The van der Waals surface area contributed by atoms with Gasteiger partial charge < -0.3 is 16.0 Å². The maximum atomic E-state index is 13.1. The van der Waals surface area contributed by atoms with Gasteiger partial charge in [0, 0.05) is 31.3 Å². The lowest BCUT2D eigenvalue weighted by atomic mass is 9.90. The first-order valence-corrected chi connectivity index (χ1v) is 10.2. The van der Waals surface area contributed by atoms with Crippen LogP contribution >= 0.6 is 0 Å². The van der Waals surface area contributed by atoms with Crippen molar-refractivity contribution in [3.8, 4) is 5.69 Å². The molecule has 0 radical (unpaired) electrons. The lowest BCUT2D eigenvalue weighted by Gasteiger charge is -2.38. The summed E-state index contributed by atoms with van der Waals surface area (Å²) in [5.41, 5.74) is 7.23. The monoisotopic (exact) mass is 433 g/mol. The number of hydrogen-bond acceptors (Lipinski definition) is 6. The molecule has 164 valence electrons. The molecule has 1 aliphatic rings. The van der Waals surface area contributed by atoms with Crippen molar-refractivity contribution in [3.63, 3.8) is 0 Å². The summed E-state index contributed by atoms with van der Waals surface area (Å²) in [5.74, 6) is -1.88. The second-order valence-electron chi connectivity index (χ2n) is 7.86. The zero-order chi connectivity index (χ0) is 22.7. The number of rotatable bonds is 4. The van der Waals surface area contributed by atoms with Crippen molar-refractivity contribution in [3.05, 3.63) is 66.5 Å². The second-order valence-corrected chi connectivity index (χ2v) is 7.86. The molecule has 0 saturated carbocycles. The molecule has 0 spiro atoms. The van der Waals surface area contributed by atoms with Gasteiger partial charge in [0.05, 0.1) is 35.4 Å². The number of carbonyl (C=O) groups excluding carboxylic acids is 3. The molecule has 1 saturated heterocycles. The zero-order valence-corrected chi connectivity index (χ0v) is 17.5. The molecule has 0 aromatic carbocycles. The molecule has 3 N–H and O–H groups in total. The minimum atomic E-state index is -0.802. The number of hydrogen-bond donors (Lipinski definition) is 2. The van der Waals surface area contributed by atoms with Gasteiger partial charge in [-0.1, -0.05) is 6.92 Å². The van der Waals surface area contributed by atoms with Crippen LogP contribution in [0, 0.1) is 5.92 Å². The van der Waals surface area contributed by atoms with Gasteiger partial charge in [-0.15, -0.1) is 0 Å². The minimum absolute atomic E-state index is 0.140. The van der Waals surface area contributed by atoms with E-state index in [0.717, 1.165) is 17.7 Å². The van der Waals surface area contributed by atoms with E-state index in [-0.39, 0.29) is 23.2 Å². The number of primary amides is 1. The number of nitrogens with one attached hydrogen (secondary N) is 1. The highest BCUT2D eigenvalue weighted by Crippen LogP contribution is 2.33. The molecule has 3 aromatic heterocycles. The first-order valence-electron chi connectivity index (χ1n) is 10.2. The molecule has 0 unspecified atom stereocenters. The first kappa shape index (κ1) is 21.2. The van der Waals surface area contributed by atoms with Gasteiger partial charge in [0.2, 0.25) is 5.91 Å². The van der Waals surface area contributed by atoms with E-state index in [1.807, 2.05) is 25.3 Å². The molecule has 1 aliphatic heterocycles. The number of nitrogens with two attached hydrogens (primary N) is 1. The number of pyridine rings is 2. The Hall–Kier alpha value is -4.08. The highest BCUT2D eigenvalue weighted by Gasteiger charge is 2.34.